The van der Waals surface area contributed by atoms with Crippen molar-refractivity contribution in [1.29, 1.82) is 0 Å². The molecule has 2 aromatic rings. The number of hydrogen-bond acceptors (Lipinski definition) is 5. The van der Waals surface area contributed by atoms with Gasteiger partial charge in [-0.2, -0.15) is 0 Å². The predicted molar refractivity (Wildman–Crippen MR) is 58.0 cm³/mol. The van der Waals surface area contributed by atoms with Crippen LogP contribution >= 0.6 is 0 Å². The summed E-state index contributed by atoms with van der Waals surface area (Å²) in [5.41, 5.74) is 5.84. The average Bonchev–Trinajstić information content (AvgIpc) is 2.16. The summed E-state index contributed by atoms with van der Waals surface area (Å²) >= 11 is 0. The van der Waals surface area contributed by atoms with Gasteiger partial charge in [0, 0.05) is 16.5 Å². The van der Waals surface area contributed by atoms with Crippen molar-refractivity contribution in [3.05, 3.63) is 30.3 Å². The summed E-state index contributed by atoms with van der Waals surface area (Å²) < 4.78 is 33.0. The molecule has 0 saturated heterocycles. The Balaban J connectivity index is 0.00000144. The molecule has 7 heteroatoms. The molecule has 17 heavy (non-hydrogen) atoms. The number of aromatic hydroxyl groups is 1. The smallest absolute Gasteiger partial charge is 0.744 e. The molecule has 0 radical (unpaired) electrons. The van der Waals surface area contributed by atoms with Crippen molar-refractivity contribution in [3.8, 4) is 5.75 Å². The molecule has 0 bridgehead atoms. The maximum Gasteiger partial charge on any atom is 1.00 e. The monoisotopic (exact) mass is 261 g/mol. The molecule has 0 fully saturated rings. The third-order valence-corrected chi connectivity index (χ3v) is 3.17. The first kappa shape index (κ1) is 14.3. The SMILES string of the molecule is Nc1ccc(S(=O)(=O)[O-])c2cccc(O)c12.[Na+]. The van der Waals surface area contributed by atoms with E-state index >= 15 is 0 Å². The minimum Gasteiger partial charge on any atom is -0.744 e. The van der Waals surface area contributed by atoms with E-state index in [2.05, 4.69) is 0 Å². The molecular formula is C10H8NNaO4S. The molecule has 0 atom stereocenters. The van der Waals surface area contributed by atoms with Crippen LogP contribution in [0, 0.1) is 0 Å². The summed E-state index contributed by atoms with van der Waals surface area (Å²) in [5, 5.41) is 9.88. The van der Waals surface area contributed by atoms with Gasteiger partial charge in [-0.3, -0.25) is 0 Å². The summed E-state index contributed by atoms with van der Waals surface area (Å²) in [4.78, 5) is -0.382. The second kappa shape index (κ2) is 4.83. The molecule has 0 aliphatic heterocycles. The van der Waals surface area contributed by atoms with E-state index < -0.39 is 10.1 Å². The zero-order chi connectivity index (χ0) is 11.9. The molecule has 2 rings (SSSR count). The summed E-state index contributed by atoms with van der Waals surface area (Å²) in [5.74, 6) is -0.152. The quantitative estimate of drug-likeness (QED) is 0.352. The Bertz CT molecular complexity index is 661. The fraction of sp³-hybridized carbons (Fsp3) is 0. The van der Waals surface area contributed by atoms with E-state index in [9.17, 15) is 18.1 Å². The van der Waals surface area contributed by atoms with E-state index in [4.69, 9.17) is 5.73 Å². The van der Waals surface area contributed by atoms with Crippen molar-refractivity contribution in [1.82, 2.24) is 0 Å². The molecule has 0 heterocycles. The van der Waals surface area contributed by atoms with Gasteiger partial charge in [-0.05, 0) is 18.2 Å². The molecule has 0 aliphatic carbocycles. The van der Waals surface area contributed by atoms with Gasteiger partial charge in [-0.15, -0.1) is 0 Å². The Morgan fingerprint density at radius 3 is 2.41 bits per heavy atom. The van der Waals surface area contributed by atoms with Gasteiger partial charge < -0.3 is 15.4 Å². The average molecular weight is 261 g/mol. The summed E-state index contributed by atoms with van der Waals surface area (Å²) in [7, 11) is -4.58. The molecule has 0 amide bonds. The van der Waals surface area contributed by atoms with Gasteiger partial charge >= 0.3 is 29.6 Å². The Morgan fingerprint density at radius 2 is 1.82 bits per heavy atom. The molecule has 0 aromatic heterocycles. The molecule has 5 nitrogen and oxygen atoms in total. The normalized spacial score (nSPS) is 11.1. The largest absolute Gasteiger partial charge is 1.00 e. The van der Waals surface area contributed by atoms with Crippen molar-refractivity contribution >= 4 is 26.6 Å². The maximum atomic E-state index is 11.0. The van der Waals surface area contributed by atoms with Crippen LogP contribution in [-0.2, 0) is 10.1 Å². The van der Waals surface area contributed by atoms with Gasteiger partial charge in [-0.25, -0.2) is 8.42 Å². The van der Waals surface area contributed by atoms with Crippen molar-refractivity contribution in [2.45, 2.75) is 4.90 Å². The first-order valence-electron chi connectivity index (χ1n) is 4.37. The second-order valence-corrected chi connectivity index (χ2v) is 4.65. The molecular weight excluding hydrogens is 253 g/mol. The van der Waals surface area contributed by atoms with Crippen LogP contribution in [0.3, 0.4) is 0 Å². The Hall–Kier alpha value is -0.790. The summed E-state index contributed by atoms with van der Waals surface area (Å²) in [6.45, 7) is 0. The van der Waals surface area contributed by atoms with Crippen molar-refractivity contribution in [2.75, 3.05) is 5.73 Å². The Morgan fingerprint density at radius 1 is 1.18 bits per heavy atom. The third kappa shape index (κ3) is 2.56. The van der Waals surface area contributed by atoms with Crippen LogP contribution in [0.25, 0.3) is 10.8 Å². The van der Waals surface area contributed by atoms with Gasteiger partial charge in [-0.1, -0.05) is 12.1 Å². The van der Waals surface area contributed by atoms with Crippen LogP contribution in [0.15, 0.2) is 35.2 Å². The summed E-state index contributed by atoms with van der Waals surface area (Å²) in [6.07, 6.45) is 0. The maximum absolute atomic E-state index is 11.0. The number of benzene rings is 2. The molecule has 0 spiro atoms. The Kier molecular flexibility index (Phi) is 4.06. The number of fused-ring (bicyclic) bond motifs is 1. The number of nitrogen functional groups attached to an aromatic ring is 1. The number of nitrogens with two attached hydrogens (primary N) is 1. The number of rotatable bonds is 1. The zero-order valence-corrected chi connectivity index (χ0v) is 11.9. The fourth-order valence-electron chi connectivity index (χ4n) is 1.61. The van der Waals surface area contributed by atoms with Gasteiger partial charge in [0.2, 0.25) is 0 Å². The number of anilines is 1. The summed E-state index contributed by atoms with van der Waals surface area (Å²) in [6, 6.07) is 6.67. The van der Waals surface area contributed by atoms with Crippen LogP contribution in [0.1, 0.15) is 0 Å². The number of phenolic OH excluding ortho intramolecular Hbond substituents is 1. The van der Waals surface area contributed by atoms with E-state index in [0.29, 0.717) is 0 Å². The van der Waals surface area contributed by atoms with Gasteiger partial charge in [0.15, 0.2) is 0 Å². The van der Waals surface area contributed by atoms with Crippen LogP contribution < -0.4 is 35.3 Å². The van der Waals surface area contributed by atoms with Gasteiger partial charge in [0.05, 0.1) is 4.90 Å². The van der Waals surface area contributed by atoms with E-state index in [1.807, 2.05) is 0 Å². The first-order valence-corrected chi connectivity index (χ1v) is 5.78. The predicted octanol–water partition coefficient (Wildman–Crippen LogP) is -1.96. The van der Waals surface area contributed by atoms with Crippen LogP contribution in [0.5, 0.6) is 5.75 Å². The molecule has 3 N–H and O–H groups in total. The van der Waals surface area contributed by atoms with Crippen molar-refractivity contribution in [3.63, 3.8) is 0 Å². The topological polar surface area (TPSA) is 103 Å². The van der Waals surface area contributed by atoms with E-state index in [1.54, 1.807) is 0 Å². The minimum absolute atomic E-state index is 0. The second-order valence-electron chi connectivity index (χ2n) is 3.31. The molecule has 0 unspecified atom stereocenters. The molecule has 84 valence electrons. The molecule has 0 saturated carbocycles. The van der Waals surface area contributed by atoms with Crippen LogP contribution in [0.4, 0.5) is 5.69 Å². The standard InChI is InChI=1S/C10H9NO4S.Na/c11-7-4-5-9(16(13,14)15)6-2-1-3-8(12)10(6)7;/h1-5,12H,11H2,(H,13,14,15);/q;+1/p-1. The first-order chi connectivity index (χ1) is 7.41. The van der Waals surface area contributed by atoms with Crippen molar-refractivity contribution < 1.29 is 47.6 Å². The molecule has 0 aliphatic rings. The van der Waals surface area contributed by atoms with Crippen molar-refractivity contribution in [2.24, 2.45) is 0 Å². The number of hydrogen-bond donors (Lipinski definition) is 2. The number of phenols is 1. The fourth-order valence-corrected chi connectivity index (χ4v) is 2.28. The van der Waals surface area contributed by atoms with E-state index in [0.717, 1.165) is 6.07 Å². The van der Waals surface area contributed by atoms with Gasteiger partial charge in [0.1, 0.15) is 15.9 Å². The van der Waals surface area contributed by atoms with E-state index in [-0.39, 0.29) is 56.7 Å². The van der Waals surface area contributed by atoms with Gasteiger partial charge in [0.25, 0.3) is 0 Å². The third-order valence-electron chi connectivity index (χ3n) is 2.28. The van der Waals surface area contributed by atoms with Crippen LogP contribution in [-0.4, -0.2) is 18.1 Å². The zero-order valence-electron chi connectivity index (χ0n) is 9.04. The van der Waals surface area contributed by atoms with E-state index in [1.165, 1.54) is 24.3 Å². The van der Waals surface area contributed by atoms with Crippen LogP contribution in [0.2, 0.25) is 0 Å². The molecule has 2 aromatic carbocycles. The Labute approximate surface area is 120 Å². The minimum atomic E-state index is -4.58.